The number of anilines is 1. The number of benzene rings is 2. The summed E-state index contributed by atoms with van der Waals surface area (Å²) in [6, 6.07) is 14.3. The lowest BCUT2D eigenvalue weighted by molar-refractivity contribution is 0.102. The molecule has 1 amide bonds. The summed E-state index contributed by atoms with van der Waals surface area (Å²) in [6.07, 6.45) is 1.87. The van der Waals surface area contributed by atoms with Gasteiger partial charge in [0.25, 0.3) is 5.91 Å². The van der Waals surface area contributed by atoms with Crippen LogP contribution in [0.5, 0.6) is 11.5 Å². The third-order valence-corrected chi connectivity index (χ3v) is 3.91. The van der Waals surface area contributed by atoms with Gasteiger partial charge in [0, 0.05) is 11.1 Å². The van der Waals surface area contributed by atoms with Crippen molar-refractivity contribution in [2.45, 2.75) is 26.7 Å². The van der Waals surface area contributed by atoms with Crippen LogP contribution in [0.3, 0.4) is 0 Å². The maximum Gasteiger partial charge on any atom is 0.256 e. The summed E-state index contributed by atoms with van der Waals surface area (Å²) in [4.78, 5) is 12.5. The third-order valence-electron chi connectivity index (χ3n) is 3.91. The van der Waals surface area contributed by atoms with Crippen molar-refractivity contribution in [1.82, 2.24) is 10.3 Å². The van der Waals surface area contributed by atoms with E-state index in [-0.39, 0.29) is 11.7 Å². The molecule has 1 aromatic heterocycles. The Bertz CT molecular complexity index is 889. The van der Waals surface area contributed by atoms with E-state index in [0.29, 0.717) is 24.5 Å². The second kappa shape index (κ2) is 9.55. The standard InChI is InChI=1S/C21H23N3O4/c1-3-13-26-17-9-5-15(6-10-17)19-20(24-28-23-19)22-21(25)16-7-11-18(12-8-16)27-14-4-2/h5-12H,3-4,13-14H2,1-2H3,(H,22,24,25). The molecule has 7 nitrogen and oxygen atoms in total. The van der Waals surface area contributed by atoms with Crippen LogP contribution in [0.2, 0.25) is 0 Å². The molecule has 146 valence electrons. The number of nitrogens with zero attached hydrogens (tertiary/aromatic N) is 2. The highest BCUT2D eigenvalue weighted by atomic mass is 16.6. The van der Waals surface area contributed by atoms with Crippen molar-refractivity contribution < 1.29 is 18.9 Å². The summed E-state index contributed by atoms with van der Waals surface area (Å²) < 4.78 is 15.9. The van der Waals surface area contributed by atoms with Crippen LogP contribution in [-0.2, 0) is 0 Å². The molecule has 0 aliphatic carbocycles. The SMILES string of the molecule is CCCOc1ccc(C(=O)Nc2nonc2-c2ccc(OCCC)cc2)cc1. The minimum absolute atomic E-state index is 0.263. The number of nitrogens with one attached hydrogen (secondary N) is 1. The van der Waals surface area contributed by atoms with E-state index in [1.807, 2.05) is 31.2 Å². The maximum atomic E-state index is 12.5. The average molecular weight is 381 g/mol. The zero-order valence-corrected chi connectivity index (χ0v) is 16.0. The molecule has 28 heavy (non-hydrogen) atoms. The predicted molar refractivity (Wildman–Crippen MR) is 106 cm³/mol. The monoisotopic (exact) mass is 381 g/mol. The van der Waals surface area contributed by atoms with E-state index in [1.54, 1.807) is 24.3 Å². The van der Waals surface area contributed by atoms with E-state index in [0.717, 1.165) is 29.9 Å². The van der Waals surface area contributed by atoms with Crippen LogP contribution < -0.4 is 14.8 Å². The highest BCUT2D eigenvalue weighted by Crippen LogP contribution is 2.27. The quantitative estimate of drug-likeness (QED) is 0.584. The molecule has 1 N–H and O–H groups in total. The number of carbonyl (C=O) groups is 1. The second-order valence-electron chi connectivity index (χ2n) is 6.16. The van der Waals surface area contributed by atoms with Gasteiger partial charge in [-0.15, -0.1) is 0 Å². The number of carbonyl (C=O) groups excluding carboxylic acids is 1. The molecule has 0 aliphatic rings. The van der Waals surface area contributed by atoms with Crippen LogP contribution in [0, 0.1) is 0 Å². The largest absolute Gasteiger partial charge is 0.494 e. The van der Waals surface area contributed by atoms with E-state index in [4.69, 9.17) is 14.1 Å². The van der Waals surface area contributed by atoms with Crippen molar-refractivity contribution in [3.8, 4) is 22.8 Å². The molecule has 0 bridgehead atoms. The van der Waals surface area contributed by atoms with Gasteiger partial charge in [0.05, 0.1) is 13.2 Å². The predicted octanol–water partition coefficient (Wildman–Crippen LogP) is 4.57. The zero-order valence-electron chi connectivity index (χ0n) is 16.0. The van der Waals surface area contributed by atoms with Crippen LogP contribution in [0.15, 0.2) is 53.2 Å². The molecule has 0 spiro atoms. The first-order chi connectivity index (χ1) is 13.7. The Morgan fingerprint density at radius 1 is 0.893 bits per heavy atom. The van der Waals surface area contributed by atoms with E-state index in [9.17, 15) is 4.79 Å². The van der Waals surface area contributed by atoms with Gasteiger partial charge in [-0.3, -0.25) is 4.79 Å². The van der Waals surface area contributed by atoms with Crippen LogP contribution in [-0.4, -0.2) is 29.4 Å². The molecular formula is C21H23N3O4. The Hall–Kier alpha value is -3.35. The van der Waals surface area contributed by atoms with Crippen molar-refractivity contribution >= 4 is 11.7 Å². The lowest BCUT2D eigenvalue weighted by Crippen LogP contribution is -2.12. The van der Waals surface area contributed by atoms with Gasteiger partial charge in [-0.25, -0.2) is 4.63 Å². The Morgan fingerprint density at radius 3 is 2.04 bits per heavy atom. The fourth-order valence-corrected chi connectivity index (χ4v) is 2.49. The Balaban J connectivity index is 1.69. The van der Waals surface area contributed by atoms with Crippen LogP contribution >= 0.6 is 0 Å². The second-order valence-corrected chi connectivity index (χ2v) is 6.16. The molecule has 1 heterocycles. The van der Waals surface area contributed by atoms with E-state index < -0.39 is 0 Å². The van der Waals surface area contributed by atoms with E-state index in [1.165, 1.54) is 0 Å². The summed E-state index contributed by atoms with van der Waals surface area (Å²) in [5.41, 5.74) is 1.71. The number of hydrogen-bond acceptors (Lipinski definition) is 6. The molecule has 0 radical (unpaired) electrons. The molecular weight excluding hydrogens is 358 g/mol. The van der Waals surface area contributed by atoms with Crippen molar-refractivity contribution in [3.05, 3.63) is 54.1 Å². The van der Waals surface area contributed by atoms with E-state index in [2.05, 4.69) is 22.6 Å². The van der Waals surface area contributed by atoms with Crippen LogP contribution in [0.4, 0.5) is 5.82 Å². The lowest BCUT2D eigenvalue weighted by atomic mass is 10.1. The summed E-state index contributed by atoms with van der Waals surface area (Å²) in [6.45, 7) is 5.39. The number of aromatic nitrogens is 2. The van der Waals surface area contributed by atoms with Gasteiger partial charge in [0.15, 0.2) is 5.69 Å². The molecule has 0 fully saturated rings. The van der Waals surface area contributed by atoms with Gasteiger partial charge in [0.2, 0.25) is 5.82 Å². The van der Waals surface area contributed by atoms with Crippen molar-refractivity contribution in [3.63, 3.8) is 0 Å². The van der Waals surface area contributed by atoms with Crippen molar-refractivity contribution in [2.75, 3.05) is 18.5 Å². The highest BCUT2D eigenvalue weighted by Gasteiger charge is 2.16. The molecule has 0 atom stereocenters. The van der Waals surface area contributed by atoms with Crippen molar-refractivity contribution in [1.29, 1.82) is 0 Å². The Kier molecular flexibility index (Phi) is 6.62. The first-order valence-corrected chi connectivity index (χ1v) is 9.31. The summed E-state index contributed by atoms with van der Waals surface area (Å²) in [7, 11) is 0. The number of hydrogen-bond donors (Lipinski definition) is 1. The topological polar surface area (TPSA) is 86.5 Å². The number of amides is 1. The lowest BCUT2D eigenvalue weighted by Gasteiger charge is -2.07. The van der Waals surface area contributed by atoms with Gasteiger partial charge in [-0.2, -0.15) is 0 Å². The fourth-order valence-electron chi connectivity index (χ4n) is 2.49. The maximum absolute atomic E-state index is 12.5. The third kappa shape index (κ3) is 4.88. The number of ether oxygens (including phenoxy) is 2. The van der Waals surface area contributed by atoms with E-state index >= 15 is 0 Å². The minimum Gasteiger partial charge on any atom is -0.494 e. The first-order valence-electron chi connectivity index (χ1n) is 9.31. The average Bonchev–Trinajstić information content (AvgIpc) is 3.19. The molecule has 0 unspecified atom stereocenters. The molecule has 0 saturated carbocycles. The Morgan fingerprint density at radius 2 is 1.46 bits per heavy atom. The molecule has 0 aliphatic heterocycles. The highest BCUT2D eigenvalue weighted by molar-refractivity contribution is 6.05. The van der Waals surface area contributed by atoms with Gasteiger partial charge in [-0.05, 0) is 71.7 Å². The molecule has 3 rings (SSSR count). The summed E-state index contributed by atoms with van der Waals surface area (Å²) >= 11 is 0. The normalized spacial score (nSPS) is 10.5. The molecule has 2 aromatic carbocycles. The summed E-state index contributed by atoms with van der Waals surface area (Å²) in [5.74, 6) is 1.46. The smallest absolute Gasteiger partial charge is 0.256 e. The zero-order chi connectivity index (χ0) is 19.8. The molecule has 0 saturated heterocycles. The number of rotatable bonds is 9. The van der Waals surface area contributed by atoms with Gasteiger partial charge in [0.1, 0.15) is 11.5 Å². The van der Waals surface area contributed by atoms with Gasteiger partial charge in [-0.1, -0.05) is 13.8 Å². The van der Waals surface area contributed by atoms with Gasteiger partial charge < -0.3 is 14.8 Å². The molecule has 7 heteroatoms. The van der Waals surface area contributed by atoms with Gasteiger partial charge >= 0.3 is 0 Å². The molecule has 3 aromatic rings. The van der Waals surface area contributed by atoms with Crippen LogP contribution in [0.25, 0.3) is 11.3 Å². The Labute approximate surface area is 163 Å². The fraction of sp³-hybridized carbons (Fsp3) is 0.286. The first kappa shape index (κ1) is 19.4. The minimum atomic E-state index is -0.304. The van der Waals surface area contributed by atoms with Crippen molar-refractivity contribution in [2.24, 2.45) is 0 Å². The summed E-state index contributed by atoms with van der Waals surface area (Å²) in [5, 5.41) is 10.5. The van der Waals surface area contributed by atoms with Crippen LogP contribution in [0.1, 0.15) is 37.0 Å².